The molecular weight excluding hydrogens is 278 g/mol. The summed E-state index contributed by atoms with van der Waals surface area (Å²) in [5.41, 5.74) is 1.11. The third kappa shape index (κ3) is 3.27. The van der Waals surface area contributed by atoms with E-state index < -0.39 is 0 Å². The lowest BCUT2D eigenvalue weighted by Gasteiger charge is -2.35. The van der Waals surface area contributed by atoms with E-state index in [4.69, 9.17) is 9.47 Å². The third-order valence-electron chi connectivity index (χ3n) is 3.92. The fraction of sp³-hybridized carbons (Fsp3) is 0.333. The quantitative estimate of drug-likeness (QED) is 0.939. The van der Waals surface area contributed by atoms with Crippen LogP contribution in [0.5, 0.6) is 17.2 Å². The molecular formula is C18H21NO3. The van der Waals surface area contributed by atoms with Gasteiger partial charge in [-0.15, -0.1) is 0 Å². The number of ether oxygens (including phenoxy) is 2. The van der Waals surface area contributed by atoms with E-state index in [0.29, 0.717) is 5.75 Å². The van der Waals surface area contributed by atoms with E-state index in [2.05, 4.69) is 11.0 Å². The molecule has 4 heteroatoms. The molecule has 0 aliphatic carbocycles. The number of hydrogen-bond donors (Lipinski definition) is 1. The summed E-state index contributed by atoms with van der Waals surface area (Å²) in [6.07, 6.45) is 2.20. The Morgan fingerprint density at radius 3 is 2.82 bits per heavy atom. The molecule has 1 atom stereocenters. The highest BCUT2D eigenvalue weighted by atomic mass is 16.5. The third-order valence-corrected chi connectivity index (χ3v) is 3.92. The van der Waals surface area contributed by atoms with Crippen LogP contribution in [0.3, 0.4) is 0 Å². The van der Waals surface area contributed by atoms with Crippen molar-refractivity contribution in [1.29, 1.82) is 0 Å². The molecule has 4 nitrogen and oxygen atoms in total. The lowest BCUT2D eigenvalue weighted by molar-refractivity contribution is 0.178. The molecule has 3 rings (SSSR count). The number of methoxy groups -OCH3 is 1. The molecule has 0 amide bonds. The van der Waals surface area contributed by atoms with Gasteiger partial charge in [-0.2, -0.15) is 0 Å². The normalized spacial score (nSPS) is 18.0. The van der Waals surface area contributed by atoms with Gasteiger partial charge >= 0.3 is 0 Å². The second kappa shape index (κ2) is 6.60. The molecule has 0 spiro atoms. The Kier molecular flexibility index (Phi) is 4.37. The van der Waals surface area contributed by atoms with Gasteiger partial charge in [0.05, 0.1) is 19.3 Å². The number of rotatable bonds is 4. The van der Waals surface area contributed by atoms with Crippen LogP contribution >= 0.6 is 0 Å². The minimum Gasteiger partial charge on any atom is -0.508 e. The molecule has 1 unspecified atom stereocenters. The van der Waals surface area contributed by atoms with Crippen LogP contribution in [0.2, 0.25) is 0 Å². The number of phenolic OH excluding ortho intramolecular Hbond substituents is 1. The zero-order chi connectivity index (χ0) is 15.4. The highest BCUT2D eigenvalue weighted by Crippen LogP contribution is 2.31. The summed E-state index contributed by atoms with van der Waals surface area (Å²) in [5, 5.41) is 9.53. The molecule has 2 aromatic rings. The van der Waals surface area contributed by atoms with Crippen LogP contribution in [0.1, 0.15) is 12.8 Å². The summed E-state index contributed by atoms with van der Waals surface area (Å²) in [6, 6.07) is 15.0. The largest absolute Gasteiger partial charge is 0.508 e. The zero-order valence-electron chi connectivity index (χ0n) is 12.7. The van der Waals surface area contributed by atoms with E-state index in [0.717, 1.165) is 37.4 Å². The number of para-hydroxylation sites is 2. The first-order valence-electron chi connectivity index (χ1n) is 7.60. The van der Waals surface area contributed by atoms with Gasteiger partial charge in [0.1, 0.15) is 23.4 Å². The van der Waals surface area contributed by atoms with Crippen molar-refractivity contribution in [3.05, 3.63) is 48.5 Å². The van der Waals surface area contributed by atoms with E-state index in [9.17, 15) is 5.11 Å². The summed E-state index contributed by atoms with van der Waals surface area (Å²) in [5.74, 6) is 1.84. The van der Waals surface area contributed by atoms with Crippen molar-refractivity contribution in [2.45, 2.75) is 18.9 Å². The molecule has 0 aromatic heterocycles. The lowest BCUT2D eigenvalue weighted by atomic mass is 10.1. The Hall–Kier alpha value is -2.36. The van der Waals surface area contributed by atoms with Gasteiger partial charge in [-0.3, -0.25) is 0 Å². The molecule has 0 radical (unpaired) electrons. The molecule has 1 aliphatic rings. The van der Waals surface area contributed by atoms with Gasteiger partial charge in [-0.25, -0.2) is 0 Å². The summed E-state index contributed by atoms with van der Waals surface area (Å²) < 4.78 is 11.5. The summed E-state index contributed by atoms with van der Waals surface area (Å²) in [7, 11) is 1.70. The van der Waals surface area contributed by atoms with Crippen molar-refractivity contribution in [2.75, 3.05) is 25.1 Å². The molecule has 0 bridgehead atoms. The molecule has 1 aliphatic heterocycles. The Morgan fingerprint density at radius 1 is 1.14 bits per heavy atom. The second-order valence-electron chi connectivity index (χ2n) is 5.50. The minimum atomic E-state index is 0.112. The van der Waals surface area contributed by atoms with Crippen LogP contribution in [-0.2, 0) is 0 Å². The minimum absolute atomic E-state index is 0.112. The average molecular weight is 299 g/mol. The first-order valence-corrected chi connectivity index (χ1v) is 7.60. The Balaban J connectivity index is 1.71. The van der Waals surface area contributed by atoms with Crippen molar-refractivity contribution >= 4 is 5.69 Å². The van der Waals surface area contributed by atoms with Crippen molar-refractivity contribution < 1.29 is 14.6 Å². The van der Waals surface area contributed by atoms with Crippen LogP contribution in [0.15, 0.2) is 48.5 Å². The Bertz CT molecular complexity index is 629. The molecule has 1 saturated heterocycles. The number of piperidine rings is 1. The number of hydrogen-bond acceptors (Lipinski definition) is 4. The standard InChI is InChI=1S/C18H21NO3/c1-21-18-10-3-2-9-17(18)19-11-5-8-16(13-19)22-15-7-4-6-14(20)12-15/h2-4,6-7,9-10,12,16,20H,5,8,11,13H2,1H3. The maximum atomic E-state index is 9.53. The van der Waals surface area contributed by atoms with E-state index in [1.807, 2.05) is 24.3 Å². The number of anilines is 1. The highest BCUT2D eigenvalue weighted by Gasteiger charge is 2.23. The SMILES string of the molecule is COc1ccccc1N1CCCC(Oc2cccc(O)c2)C1. The van der Waals surface area contributed by atoms with Crippen molar-refractivity contribution in [3.8, 4) is 17.2 Å². The number of phenols is 1. The monoisotopic (exact) mass is 299 g/mol. The van der Waals surface area contributed by atoms with Gasteiger partial charge in [0.2, 0.25) is 0 Å². The molecule has 116 valence electrons. The predicted octanol–water partition coefficient (Wildman–Crippen LogP) is 3.45. The fourth-order valence-electron chi connectivity index (χ4n) is 2.89. The summed E-state index contributed by atoms with van der Waals surface area (Å²) in [4.78, 5) is 2.30. The highest BCUT2D eigenvalue weighted by molar-refractivity contribution is 5.58. The van der Waals surface area contributed by atoms with Gasteiger partial charge in [-0.1, -0.05) is 18.2 Å². The summed E-state index contributed by atoms with van der Waals surface area (Å²) >= 11 is 0. The summed E-state index contributed by atoms with van der Waals surface area (Å²) in [6.45, 7) is 1.82. The lowest BCUT2D eigenvalue weighted by Crippen LogP contribution is -2.41. The first-order chi connectivity index (χ1) is 10.8. The van der Waals surface area contributed by atoms with E-state index >= 15 is 0 Å². The van der Waals surface area contributed by atoms with Crippen LogP contribution in [0, 0.1) is 0 Å². The number of nitrogens with zero attached hydrogens (tertiary/aromatic N) is 1. The van der Waals surface area contributed by atoms with Gasteiger partial charge in [0, 0.05) is 12.6 Å². The second-order valence-corrected chi connectivity index (χ2v) is 5.50. The average Bonchev–Trinajstić information content (AvgIpc) is 2.55. The Labute approximate surface area is 130 Å². The Morgan fingerprint density at radius 2 is 2.00 bits per heavy atom. The van der Waals surface area contributed by atoms with Gasteiger partial charge in [0.15, 0.2) is 0 Å². The van der Waals surface area contributed by atoms with E-state index in [1.165, 1.54) is 0 Å². The van der Waals surface area contributed by atoms with Crippen molar-refractivity contribution in [1.82, 2.24) is 0 Å². The number of aromatic hydroxyl groups is 1. The topological polar surface area (TPSA) is 41.9 Å². The van der Waals surface area contributed by atoms with Gasteiger partial charge in [-0.05, 0) is 37.1 Å². The van der Waals surface area contributed by atoms with Crippen molar-refractivity contribution in [3.63, 3.8) is 0 Å². The molecule has 1 N–H and O–H groups in total. The van der Waals surface area contributed by atoms with E-state index in [1.54, 1.807) is 25.3 Å². The molecule has 1 heterocycles. The van der Waals surface area contributed by atoms with Crippen LogP contribution in [0.4, 0.5) is 5.69 Å². The fourth-order valence-corrected chi connectivity index (χ4v) is 2.89. The van der Waals surface area contributed by atoms with Gasteiger partial charge in [0.25, 0.3) is 0 Å². The maximum absolute atomic E-state index is 9.53. The number of benzene rings is 2. The van der Waals surface area contributed by atoms with E-state index in [-0.39, 0.29) is 11.9 Å². The predicted molar refractivity (Wildman–Crippen MR) is 87.0 cm³/mol. The van der Waals surface area contributed by atoms with Crippen LogP contribution in [0.25, 0.3) is 0 Å². The molecule has 22 heavy (non-hydrogen) atoms. The first kappa shape index (κ1) is 14.6. The molecule has 1 fully saturated rings. The van der Waals surface area contributed by atoms with Gasteiger partial charge < -0.3 is 19.5 Å². The van der Waals surface area contributed by atoms with Crippen LogP contribution < -0.4 is 14.4 Å². The van der Waals surface area contributed by atoms with Crippen LogP contribution in [-0.4, -0.2) is 31.4 Å². The maximum Gasteiger partial charge on any atom is 0.142 e. The molecule has 2 aromatic carbocycles. The zero-order valence-corrected chi connectivity index (χ0v) is 12.7. The smallest absolute Gasteiger partial charge is 0.142 e. The van der Waals surface area contributed by atoms with Crippen molar-refractivity contribution in [2.24, 2.45) is 0 Å². The molecule has 0 saturated carbocycles.